The predicted octanol–water partition coefficient (Wildman–Crippen LogP) is 6.66. The molecule has 3 nitrogen and oxygen atoms in total. The molecule has 0 saturated carbocycles. The lowest BCUT2D eigenvalue weighted by atomic mass is 9.70. The lowest BCUT2D eigenvalue weighted by Crippen LogP contribution is -2.45. The monoisotopic (exact) mass is 423 g/mol. The summed E-state index contributed by atoms with van der Waals surface area (Å²) >= 11 is 0. The van der Waals surface area contributed by atoms with Crippen molar-refractivity contribution in [2.24, 2.45) is 0 Å². The summed E-state index contributed by atoms with van der Waals surface area (Å²) in [7, 11) is 0. The Hall–Kier alpha value is -3.17. The smallest absolute Gasteiger partial charge is 0.242 e. The first kappa shape index (κ1) is 20.7. The number of aromatic nitrogens is 1. The molecular weight excluding hydrogens is 394 g/mol. The van der Waals surface area contributed by atoms with Gasteiger partial charge >= 0.3 is 0 Å². The molecule has 3 heteroatoms. The highest BCUT2D eigenvalue weighted by Gasteiger charge is 2.47. The number of nitrogens with zero attached hydrogens (tertiary/aromatic N) is 1. The Balaban J connectivity index is 1.97. The number of carbonyl (C=O) groups excluding carboxylic acids is 1. The Morgan fingerprint density at radius 3 is 2.31 bits per heavy atom. The number of hydrogen-bond acceptors (Lipinski definition) is 2. The molecule has 3 aromatic carbocycles. The molecule has 0 bridgehead atoms. The van der Waals surface area contributed by atoms with Crippen LogP contribution in [0.3, 0.4) is 0 Å². The molecule has 0 fully saturated rings. The highest BCUT2D eigenvalue weighted by Crippen LogP contribution is 2.51. The van der Waals surface area contributed by atoms with Gasteiger partial charge in [0, 0.05) is 16.5 Å². The molecule has 4 aromatic rings. The first-order valence-corrected chi connectivity index (χ1v) is 11.2. The zero-order valence-electron chi connectivity index (χ0n) is 19.4. The molecule has 5 rings (SSSR count). The van der Waals surface area contributed by atoms with Crippen LogP contribution in [0.25, 0.3) is 33.3 Å². The minimum absolute atomic E-state index is 0.0190. The zero-order chi connectivity index (χ0) is 22.8. The van der Waals surface area contributed by atoms with Gasteiger partial charge in [-0.05, 0) is 69.4 Å². The van der Waals surface area contributed by atoms with Gasteiger partial charge in [0.1, 0.15) is 0 Å². The van der Waals surface area contributed by atoms with E-state index in [1.54, 1.807) is 13.8 Å². The maximum Gasteiger partial charge on any atom is 0.242 e. The van der Waals surface area contributed by atoms with Crippen LogP contribution < -0.4 is 0 Å². The normalized spacial score (nSPS) is 18.0. The Bertz CT molecular complexity index is 1370. The Kier molecular flexibility index (Phi) is 4.48. The first-order chi connectivity index (χ1) is 15.1. The average molecular weight is 424 g/mol. The van der Waals surface area contributed by atoms with E-state index in [1.807, 2.05) is 47.9 Å². The SMILES string of the molecule is Cc1cc(C)c2c(-c3ccccc3)c3n(c2c1)C(=O)[C@](C)(CC(C)(C)O)c1ccccc1-3. The lowest BCUT2D eigenvalue weighted by molar-refractivity contribution is 0.0378. The van der Waals surface area contributed by atoms with Crippen LogP contribution in [-0.2, 0) is 5.41 Å². The van der Waals surface area contributed by atoms with E-state index in [1.165, 1.54) is 0 Å². The van der Waals surface area contributed by atoms with Crippen molar-refractivity contribution in [2.45, 2.75) is 52.1 Å². The van der Waals surface area contributed by atoms with Crippen LogP contribution >= 0.6 is 0 Å². The highest BCUT2D eigenvalue weighted by atomic mass is 16.3. The van der Waals surface area contributed by atoms with Crippen LogP contribution in [0.1, 0.15) is 48.7 Å². The van der Waals surface area contributed by atoms with Crippen molar-refractivity contribution < 1.29 is 9.90 Å². The molecule has 0 radical (unpaired) electrons. The second kappa shape index (κ2) is 6.91. The van der Waals surface area contributed by atoms with Crippen molar-refractivity contribution in [3.8, 4) is 22.4 Å². The molecule has 162 valence electrons. The molecule has 0 unspecified atom stereocenters. The van der Waals surface area contributed by atoms with Crippen LogP contribution in [0.4, 0.5) is 0 Å². The topological polar surface area (TPSA) is 42.2 Å². The van der Waals surface area contributed by atoms with Crippen molar-refractivity contribution in [1.29, 1.82) is 0 Å². The summed E-state index contributed by atoms with van der Waals surface area (Å²) in [6, 6.07) is 22.8. The average Bonchev–Trinajstić information content (AvgIpc) is 3.07. The van der Waals surface area contributed by atoms with E-state index < -0.39 is 11.0 Å². The summed E-state index contributed by atoms with van der Waals surface area (Å²) in [4.78, 5) is 14.3. The summed E-state index contributed by atoms with van der Waals surface area (Å²) in [6.45, 7) is 9.74. The second-order valence-corrected chi connectivity index (χ2v) is 10.1. The van der Waals surface area contributed by atoms with Crippen LogP contribution in [0.15, 0.2) is 66.7 Å². The van der Waals surface area contributed by atoms with E-state index in [2.05, 4.69) is 44.2 Å². The van der Waals surface area contributed by atoms with Crippen molar-refractivity contribution >= 4 is 16.8 Å². The van der Waals surface area contributed by atoms with Gasteiger partial charge in [0.25, 0.3) is 0 Å². The van der Waals surface area contributed by atoms with Gasteiger partial charge in [-0.1, -0.05) is 60.7 Å². The molecule has 1 aliphatic heterocycles. The quantitative estimate of drug-likeness (QED) is 0.400. The fraction of sp³-hybridized carbons (Fsp3) is 0.276. The van der Waals surface area contributed by atoms with Gasteiger partial charge in [-0.15, -0.1) is 0 Å². The highest BCUT2D eigenvalue weighted by molar-refractivity contribution is 6.15. The summed E-state index contributed by atoms with van der Waals surface area (Å²) in [5, 5.41) is 11.9. The standard InChI is InChI=1S/C29H29NO2/c1-18-15-19(2)24-23(16-18)30-26(25(24)20-11-7-6-8-12-20)21-13-9-10-14-22(21)29(5,27(30)31)17-28(3,4)32/h6-16,32H,17H2,1-5H3/t29-/m1/s1. The number of aliphatic hydroxyl groups is 1. The van der Waals surface area contributed by atoms with Crippen molar-refractivity contribution in [3.63, 3.8) is 0 Å². The molecule has 2 heterocycles. The van der Waals surface area contributed by atoms with Crippen LogP contribution in [0.5, 0.6) is 0 Å². The summed E-state index contributed by atoms with van der Waals surface area (Å²) < 4.78 is 1.92. The van der Waals surface area contributed by atoms with Gasteiger partial charge in [-0.3, -0.25) is 9.36 Å². The van der Waals surface area contributed by atoms with E-state index in [0.29, 0.717) is 6.42 Å². The van der Waals surface area contributed by atoms with E-state index >= 15 is 0 Å². The summed E-state index contributed by atoms with van der Waals surface area (Å²) in [5.41, 5.74) is 6.62. The number of aryl methyl sites for hydroxylation is 2. The number of benzene rings is 3. The molecule has 0 amide bonds. The number of rotatable bonds is 3. The molecule has 1 aromatic heterocycles. The Morgan fingerprint density at radius 1 is 0.969 bits per heavy atom. The first-order valence-electron chi connectivity index (χ1n) is 11.2. The lowest BCUT2D eigenvalue weighted by Gasteiger charge is -2.39. The second-order valence-electron chi connectivity index (χ2n) is 10.1. The molecule has 0 saturated heterocycles. The van der Waals surface area contributed by atoms with E-state index in [4.69, 9.17) is 0 Å². The minimum Gasteiger partial charge on any atom is -0.390 e. The molecule has 1 aliphatic rings. The third-order valence-corrected chi connectivity index (χ3v) is 6.71. The van der Waals surface area contributed by atoms with Gasteiger partial charge in [0.15, 0.2) is 0 Å². The molecular formula is C29H29NO2. The Morgan fingerprint density at radius 2 is 1.62 bits per heavy atom. The summed E-state index contributed by atoms with van der Waals surface area (Å²) in [5.74, 6) is 0.0190. The zero-order valence-corrected chi connectivity index (χ0v) is 19.4. The number of carbonyl (C=O) groups is 1. The van der Waals surface area contributed by atoms with Gasteiger partial charge in [-0.2, -0.15) is 0 Å². The largest absolute Gasteiger partial charge is 0.390 e. The molecule has 32 heavy (non-hydrogen) atoms. The van der Waals surface area contributed by atoms with E-state index in [-0.39, 0.29) is 5.91 Å². The molecule has 1 atom stereocenters. The minimum atomic E-state index is -0.980. The van der Waals surface area contributed by atoms with Gasteiger partial charge in [-0.25, -0.2) is 0 Å². The van der Waals surface area contributed by atoms with E-state index in [9.17, 15) is 9.90 Å². The Labute approximate surface area is 189 Å². The van der Waals surface area contributed by atoms with Gasteiger partial charge in [0.05, 0.1) is 22.2 Å². The van der Waals surface area contributed by atoms with Crippen LogP contribution in [0, 0.1) is 13.8 Å². The predicted molar refractivity (Wildman–Crippen MR) is 131 cm³/mol. The number of fused-ring (bicyclic) bond motifs is 5. The maximum atomic E-state index is 14.3. The third kappa shape index (κ3) is 2.96. The van der Waals surface area contributed by atoms with Crippen molar-refractivity contribution in [2.75, 3.05) is 0 Å². The van der Waals surface area contributed by atoms with Crippen LogP contribution in [-0.4, -0.2) is 21.2 Å². The molecule has 1 N–H and O–H groups in total. The summed E-state index contributed by atoms with van der Waals surface area (Å²) in [6.07, 6.45) is 0.348. The maximum absolute atomic E-state index is 14.3. The third-order valence-electron chi connectivity index (χ3n) is 6.71. The molecule has 0 aliphatic carbocycles. The van der Waals surface area contributed by atoms with Crippen LogP contribution in [0.2, 0.25) is 0 Å². The molecule has 0 spiro atoms. The van der Waals surface area contributed by atoms with E-state index in [0.717, 1.165) is 50.0 Å². The fourth-order valence-corrected chi connectivity index (χ4v) is 5.72. The number of hydrogen-bond donors (Lipinski definition) is 1. The van der Waals surface area contributed by atoms with Crippen molar-refractivity contribution in [1.82, 2.24) is 4.57 Å². The van der Waals surface area contributed by atoms with Gasteiger partial charge in [0.2, 0.25) is 5.91 Å². The fourth-order valence-electron chi connectivity index (χ4n) is 5.72. The van der Waals surface area contributed by atoms with Gasteiger partial charge < -0.3 is 5.11 Å². The van der Waals surface area contributed by atoms with Crippen molar-refractivity contribution in [3.05, 3.63) is 83.4 Å².